The maximum atomic E-state index is 15.0. The summed E-state index contributed by atoms with van der Waals surface area (Å²) in [4.78, 5) is 30.3. The molecular weight excluding hydrogens is 527 g/mol. The first kappa shape index (κ1) is 24.6. The van der Waals surface area contributed by atoms with Gasteiger partial charge in [0, 0.05) is 18.0 Å². The van der Waals surface area contributed by atoms with E-state index in [0.717, 1.165) is 28.8 Å². The maximum absolute atomic E-state index is 15.0. The van der Waals surface area contributed by atoms with Crippen LogP contribution in [0.4, 0.5) is 4.39 Å². The van der Waals surface area contributed by atoms with Crippen LogP contribution in [0.25, 0.3) is 33.8 Å². The third-order valence-electron chi connectivity index (χ3n) is 6.77. The molecule has 1 aliphatic rings. The summed E-state index contributed by atoms with van der Waals surface area (Å²) in [5.74, 6) is 0.157. The standard InChI is InChI=1S/C27H22ClFN6O2S/c28-22-14-32-27(38-22)26(37)34-19-7-3-8-20(23(19)36)35-21-13-15(24-30-11-4-12-31-24)9-10-18(21)33-25(35)16-5-1-2-6-17(16)29/h1-2,4-6,9-14,19-20,23,36H,3,7-8H2,(H,34,37)/t19-,20+,23+/m0/s1. The number of aliphatic hydroxyl groups is 1. The Bertz CT molecular complexity index is 1620. The molecule has 2 N–H and O–H groups in total. The van der Waals surface area contributed by atoms with E-state index in [4.69, 9.17) is 16.6 Å². The SMILES string of the molecule is O=C(N[C@H]1CCC[C@@H](n2c(-c3ccccc3F)nc3ccc(-c4ncccn4)cc32)[C@@H]1O)c1ncc(Cl)s1. The van der Waals surface area contributed by atoms with Gasteiger partial charge in [0.2, 0.25) is 0 Å². The summed E-state index contributed by atoms with van der Waals surface area (Å²) in [5.41, 5.74) is 2.47. The summed E-state index contributed by atoms with van der Waals surface area (Å²) < 4.78 is 17.3. The first-order valence-electron chi connectivity index (χ1n) is 12.1. The number of thiazole rings is 1. The van der Waals surface area contributed by atoms with Crippen molar-refractivity contribution in [2.75, 3.05) is 0 Å². The van der Waals surface area contributed by atoms with E-state index in [1.165, 1.54) is 12.3 Å². The molecule has 1 saturated carbocycles. The van der Waals surface area contributed by atoms with Gasteiger partial charge in [-0.05, 0) is 55.7 Å². The Balaban J connectivity index is 1.44. The fourth-order valence-electron chi connectivity index (χ4n) is 5.03. The molecule has 0 radical (unpaired) electrons. The van der Waals surface area contributed by atoms with Gasteiger partial charge in [0.15, 0.2) is 10.8 Å². The lowest BCUT2D eigenvalue weighted by Gasteiger charge is -2.36. The van der Waals surface area contributed by atoms with Crippen LogP contribution in [0.5, 0.6) is 0 Å². The van der Waals surface area contributed by atoms with Gasteiger partial charge in [-0.2, -0.15) is 0 Å². The van der Waals surface area contributed by atoms with E-state index in [2.05, 4.69) is 20.3 Å². The number of imidazole rings is 1. The third kappa shape index (κ3) is 4.55. The van der Waals surface area contributed by atoms with E-state index in [-0.39, 0.29) is 10.9 Å². The number of nitrogens with one attached hydrogen (secondary N) is 1. The summed E-state index contributed by atoms with van der Waals surface area (Å²) in [6.07, 6.45) is 5.76. The molecule has 8 nitrogen and oxygen atoms in total. The van der Waals surface area contributed by atoms with Gasteiger partial charge in [-0.1, -0.05) is 35.1 Å². The molecule has 2 aromatic carbocycles. The van der Waals surface area contributed by atoms with E-state index < -0.39 is 24.0 Å². The molecule has 5 aromatic rings. The fraction of sp³-hybridized carbons (Fsp3) is 0.222. The van der Waals surface area contributed by atoms with E-state index in [0.29, 0.717) is 39.9 Å². The molecule has 6 rings (SSSR count). The van der Waals surface area contributed by atoms with E-state index >= 15 is 4.39 Å². The first-order chi connectivity index (χ1) is 18.5. The molecule has 3 heterocycles. The van der Waals surface area contributed by atoms with Crippen molar-refractivity contribution in [1.29, 1.82) is 0 Å². The molecule has 0 spiro atoms. The smallest absolute Gasteiger partial charge is 0.280 e. The van der Waals surface area contributed by atoms with Gasteiger partial charge in [0.05, 0.1) is 41.0 Å². The van der Waals surface area contributed by atoms with Gasteiger partial charge in [-0.15, -0.1) is 0 Å². The molecule has 3 atom stereocenters. The Morgan fingerprint density at radius 1 is 1.11 bits per heavy atom. The molecule has 38 heavy (non-hydrogen) atoms. The molecule has 0 aliphatic heterocycles. The van der Waals surface area contributed by atoms with Crippen molar-refractivity contribution < 1.29 is 14.3 Å². The van der Waals surface area contributed by atoms with E-state index in [1.54, 1.807) is 36.7 Å². The summed E-state index contributed by atoms with van der Waals surface area (Å²) in [6.45, 7) is 0. The molecule has 0 bridgehead atoms. The summed E-state index contributed by atoms with van der Waals surface area (Å²) in [5, 5.41) is 14.7. The number of amides is 1. The van der Waals surface area contributed by atoms with Crippen molar-refractivity contribution in [3.63, 3.8) is 0 Å². The Kier molecular flexibility index (Phi) is 6.61. The van der Waals surface area contributed by atoms with E-state index in [9.17, 15) is 9.90 Å². The minimum absolute atomic E-state index is 0.233. The van der Waals surface area contributed by atoms with Gasteiger partial charge in [-0.25, -0.2) is 24.3 Å². The van der Waals surface area contributed by atoms with Crippen LogP contribution < -0.4 is 5.32 Å². The van der Waals surface area contributed by atoms with Crippen LogP contribution in [0.15, 0.2) is 67.1 Å². The van der Waals surface area contributed by atoms with Gasteiger partial charge < -0.3 is 15.0 Å². The molecule has 1 aliphatic carbocycles. The van der Waals surface area contributed by atoms with Crippen molar-refractivity contribution in [3.05, 3.63) is 82.3 Å². The topological polar surface area (TPSA) is 106 Å². The first-order valence-corrected chi connectivity index (χ1v) is 13.3. The Morgan fingerprint density at radius 2 is 1.92 bits per heavy atom. The number of rotatable bonds is 5. The van der Waals surface area contributed by atoms with Crippen molar-refractivity contribution >= 4 is 39.9 Å². The Morgan fingerprint density at radius 3 is 2.68 bits per heavy atom. The predicted molar refractivity (Wildman–Crippen MR) is 143 cm³/mol. The highest BCUT2D eigenvalue weighted by atomic mass is 35.5. The molecule has 192 valence electrons. The number of aromatic nitrogens is 5. The number of benzene rings is 2. The zero-order chi connectivity index (χ0) is 26.2. The number of hydrogen-bond donors (Lipinski definition) is 2. The lowest BCUT2D eigenvalue weighted by Crippen LogP contribution is -2.49. The number of aliphatic hydroxyl groups excluding tert-OH is 1. The van der Waals surface area contributed by atoms with Gasteiger partial charge in [-0.3, -0.25) is 4.79 Å². The van der Waals surface area contributed by atoms with Crippen molar-refractivity contribution in [1.82, 2.24) is 29.8 Å². The molecule has 0 saturated heterocycles. The molecule has 11 heteroatoms. The van der Waals surface area contributed by atoms with Crippen LogP contribution in [-0.2, 0) is 0 Å². The lowest BCUT2D eigenvalue weighted by atomic mass is 9.87. The maximum Gasteiger partial charge on any atom is 0.280 e. The van der Waals surface area contributed by atoms with Crippen LogP contribution in [-0.4, -0.2) is 47.7 Å². The van der Waals surface area contributed by atoms with Crippen LogP contribution in [0, 0.1) is 5.82 Å². The number of carbonyl (C=O) groups is 1. The second-order valence-electron chi connectivity index (χ2n) is 9.10. The zero-order valence-electron chi connectivity index (χ0n) is 20.0. The van der Waals surface area contributed by atoms with Crippen LogP contribution in [0.3, 0.4) is 0 Å². The van der Waals surface area contributed by atoms with Crippen molar-refractivity contribution in [3.8, 4) is 22.8 Å². The van der Waals surface area contributed by atoms with Crippen molar-refractivity contribution in [2.45, 2.75) is 37.5 Å². The quantitative estimate of drug-likeness (QED) is 0.309. The molecule has 1 amide bonds. The Hall–Kier alpha value is -3.73. The second-order valence-corrected chi connectivity index (χ2v) is 10.8. The predicted octanol–water partition coefficient (Wildman–Crippen LogP) is 5.29. The highest BCUT2D eigenvalue weighted by Gasteiger charge is 2.37. The molecule has 3 aromatic heterocycles. The average Bonchev–Trinajstić information content (AvgIpc) is 3.54. The number of nitrogens with zero attached hydrogens (tertiary/aromatic N) is 5. The largest absolute Gasteiger partial charge is 0.389 e. The highest BCUT2D eigenvalue weighted by molar-refractivity contribution is 7.17. The average molecular weight is 549 g/mol. The van der Waals surface area contributed by atoms with Gasteiger partial charge >= 0.3 is 0 Å². The lowest BCUT2D eigenvalue weighted by molar-refractivity contribution is 0.0417. The number of carbonyl (C=O) groups excluding carboxylic acids is 1. The highest BCUT2D eigenvalue weighted by Crippen LogP contribution is 2.38. The normalized spacial score (nSPS) is 19.5. The second kappa shape index (κ2) is 10.2. The third-order valence-corrected chi connectivity index (χ3v) is 7.88. The van der Waals surface area contributed by atoms with Crippen molar-refractivity contribution in [2.24, 2.45) is 0 Å². The zero-order valence-corrected chi connectivity index (χ0v) is 21.5. The van der Waals surface area contributed by atoms with Crippen LogP contribution in [0.2, 0.25) is 4.34 Å². The minimum Gasteiger partial charge on any atom is -0.389 e. The van der Waals surface area contributed by atoms with Gasteiger partial charge in [0.1, 0.15) is 16.0 Å². The number of hydrogen-bond acceptors (Lipinski definition) is 7. The molecule has 0 unspecified atom stereocenters. The summed E-state index contributed by atoms with van der Waals surface area (Å²) in [7, 11) is 0. The summed E-state index contributed by atoms with van der Waals surface area (Å²) in [6, 6.07) is 12.8. The molecular formula is C27H22ClFN6O2S. The Labute approximate surface area is 226 Å². The molecule has 1 fully saturated rings. The van der Waals surface area contributed by atoms with E-state index in [1.807, 2.05) is 22.8 Å². The number of fused-ring (bicyclic) bond motifs is 1. The fourth-order valence-corrected chi connectivity index (χ4v) is 5.85. The van der Waals surface area contributed by atoms with Crippen LogP contribution >= 0.6 is 22.9 Å². The number of halogens is 2. The monoisotopic (exact) mass is 548 g/mol. The van der Waals surface area contributed by atoms with Crippen LogP contribution in [0.1, 0.15) is 35.1 Å². The van der Waals surface area contributed by atoms with Gasteiger partial charge in [0.25, 0.3) is 5.91 Å². The minimum atomic E-state index is -0.956. The summed E-state index contributed by atoms with van der Waals surface area (Å²) >= 11 is 7.02.